The van der Waals surface area contributed by atoms with Gasteiger partial charge in [-0.2, -0.15) is 15.0 Å². The molecule has 1 N–H and O–H groups in total. The second-order valence-electron chi connectivity index (χ2n) is 7.93. The number of nitrogens with zero attached hydrogens (tertiary/aromatic N) is 6. The number of halogens is 1. The van der Waals surface area contributed by atoms with E-state index in [1.807, 2.05) is 17.0 Å². The summed E-state index contributed by atoms with van der Waals surface area (Å²) in [5.74, 6) is -0.355. The van der Waals surface area contributed by atoms with Crippen LogP contribution in [0.15, 0.2) is 42.7 Å². The van der Waals surface area contributed by atoms with E-state index in [0.29, 0.717) is 43.6 Å². The Kier molecular flexibility index (Phi) is 5.76. The van der Waals surface area contributed by atoms with Gasteiger partial charge in [-0.1, -0.05) is 0 Å². The number of H-pyrrole nitrogens is 1. The fourth-order valence-electron chi connectivity index (χ4n) is 3.56. The number of amides is 1. The van der Waals surface area contributed by atoms with E-state index < -0.39 is 5.82 Å². The summed E-state index contributed by atoms with van der Waals surface area (Å²) in [6, 6.07) is 7.76. The molecule has 0 radical (unpaired) electrons. The van der Waals surface area contributed by atoms with E-state index in [1.54, 1.807) is 26.5 Å². The molecular formula is C23H22FN7O3. The number of pyridine rings is 1. The first-order valence-electron chi connectivity index (χ1n) is 10.7. The Hall–Kier alpha value is -4.12. The minimum absolute atomic E-state index is 0.0637. The number of benzene rings is 1. The van der Waals surface area contributed by atoms with Crippen LogP contribution in [0.4, 0.5) is 10.3 Å². The van der Waals surface area contributed by atoms with Gasteiger partial charge in [0.1, 0.15) is 5.65 Å². The summed E-state index contributed by atoms with van der Waals surface area (Å²) in [5.41, 5.74) is 1.63. The number of hydrogen-bond donors (Lipinski definition) is 1. The SMILES string of the molecule is CN(C)C(=O)c1ccc(Oc2nc(-c3cnc4[nH]ccc4c3)nc(N3CCOCC3)n2)c(F)c1. The van der Waals surface area contributed by atoms with E-state index >= 15 is 0 Å². The first-order valence-corrected chi connectivity index (χ1v) is 10.7. The van der Waals surface area contributed by atoms with E-state index in [9.17, 15) is 9.18 Å². The van der Waals surface area contributed by atoms with Gasteiger partial charge < -0.3 is 24.3 Å². The molecule has 1 saturated heterocycles. The number of rotatable bonds is 5. The van der Waals surface area contributed by atoms with Crippen molar-refractivity contribution in [3.63, 3.8) is 0 Å². The average Bonchev–Trinajstić information content (AvgIpc) is 3.33. The van der Waals surface area contributed by atoms with Gasteiger partial charge in [0, 0.05) is 56.1 Å². The number of aromatic nitrogens is 5. The molecule has 1 fully saturated rings. The van der Waals surface area contributed by atoms with E-state index in [4.69, 9.17) is 9.47 Å². The number of aromatic amines is 1. The molecule has 1 amide bonds. The van der Waals surface area contributed by atoms with Gasteiger partial charge in [0.05, 0.1) is 13.2 Å². The van der Waals surface area contributed by atoms with Crippen molar-refractivity contribution < 1.29 is 18.7 Å². The van der Waals surface area contributed by atoms with Gasteiger partial charge in [-0.3, -0.25) is 4.79 Å². The molecule has 1 aliphatic rings. The molecule has 1 aromatic carbocycles. The maximum Gasteiger partial charge on any atom is 0.327 e. The lowest BCUT2D eigenvalue weighted by atomic mass is 10.2. The Balaban J connectivity index is 1.52. The molecule has 11 heteroatoms. The second-order valence-corrected chi connectivity index (χ2v) is 7.93. The van der Waals surface area contributed by atoms with Gasteiger partial charge in [-0.05, 0) is 30.3 Å². The van der Waals surface area contributed by atoms with E-state index in [0.717, 1.165) is 17.1 Å². The van der Waals surface area contributed by atoms with Crippen molar-refractivity contribution >= 4 is 22.9 Å². The third kappa shape index (κ3) is 4.37. The molecule has 1 aliphatic heterocycles. The zero-order chi connectivity index (χ0) is 23.7. The van der Waals surface area contributed by atoms with Crippen LogP contribution in [0.3, 0.4) is 0 Å². The number of fused-ring (bicyclic) bond motifs is 1. The summed E-state index contributed by atoms with van der Waals surface area (Å²) in [4.78, 5) is 36.4. The van der Waals surface area contributed by atoms with Crippen LogP contribution < -0.4 is 9.64 Å². The zero-order valence-corrected chi connectivity index (χ0v) is 18.7. The lowest BCUT2D eigenvalue weighted by molar-refractivity contribution is 0.0827. The van der Waals surface area contributed by atoms with Crippen LogP contribution in [0.1, 0.15) is 10.4 Å². The smallest absolute Gasteiger partial charge is 0.327 e. The fraction of sp³-hybridized carbons (Fsp3) is 0.261. The lowest BCUT2D eigenvalue weighted by Crippen LogP contribution is -2.37. The van der Waals surface area contributed by atoms with Crippen LogP contribution in [0.5, 0.6) is 11.8 Å². The van der Waals surface area contributed by atoms with Gasteiger partial charge in [-0.25, -0.2) is 9.37 Å². The van der Waals surface area contributed by atoms with Crippen LogP contribution in [0.2, 0.25) is 0 Å². The van der Waals surface area contributed by atoms with Gasteiger partial charge >= 0.3 is 6.01 Å². The molecule has 5 rings (SSSR count). The monoisotopic (exact) mass is 463 g/mol. The highest BCUT2D eigenvalue weighted by Crippen LogP contribution is 2.28. The molecule has 0 spiro atoms. The standard InChI is InChI=1S/C23H22FN7O3/c1-30(2)21(32)15-3-4-18(17(24)12-15)34-23-28-20(16-11-14-5-6-25-19(14)26-13-16)27-22(29-23)31-7-9-33-10-8-31/h3-6,11-13H,7-10H2,1-2H3,(H,25,26). The molecule has 0 unspecified atom stereocenters. The number of ether oxygens (including phenoxy) is 2. The number of carbonyl (C=O) groups excluding carboxylic acids is 1. The lowest BCUT2D eigenvalue weighted by Gasteiger charge is -2.27. The number of anilines is 1. The van der Waals surface area contributed by atoms with Crippen molar-refractivity contribution in [2.45, 2.75) is 0 Å². The van der Waals surface area contributed by atoms with Crippen molar-refractivity contribution in [2.75, 3.05) is 45.3 Å². The van der Waals surface area contributed by atoms with Gasteiger partial charge in [0.15, 0.2) is 17.4 Å². The molecule has 34 heavy (non-hydrogen) atoms. The maximum atomic E-state index is 14.8. The quantitative estimate of drug-likeness (QED) is 0.481. The minimum Gasteiger partial charge on any atom is -0.421 e. The van der Waals surface area contributed by atoms with Crippen molar-refractivity contribution in [1.82, 2.24) is 29.8 Å². The third-order valence-corrected chi connectivity index (χ3v) is 5.34. The summed E-state index contributed by atoms with van der Waals surface area (Å²) >= 11 is 0. The maximum absolute atomic E-state index is 14.8. The van der Waals surface area contributed by atoms with Crippen LogP contribution in [0, 0.1) is 5.82 Å². The average molecular weight is 463 g/mol. The first-order chi connectivity index (χ1) is 16.5. The third-order valence-electron chi connectivity index (χ3n) is 5.34. The summed E-state index contributed by atoms with van der Waals surface area (Å²) in [6.45, 7) is 2.30. The molecule has 10 nitrogen and oxygen atoms in total. The van der Waals surface area contributed by atoms with Crippen molar-refractivity contribution in [2.24, 2.45) is 0 Å². The van der Waals surface area contributed by atoms with Crippen molar-refractivity contribution in [3.05, 3.63) is 54.1 Å². The van der Waals surface area contributed by atoms with Crippen LogP contribution in [-0.2, 0) is 4.74 Å². The summed E-state index contributed by atoms with van der Waals surface area (Å²) in [6.07, 6.45) is 3.46. The van der Waals surface area contributed by atoms with Crippen LogP contribution in [-0.4, -0.2) is 76.1 Å². The highest BCUT2D eigenvalue weighted by molar-refractivity contribution is 5.94. The summed E-state index contributed by atoms with van der Waals surface area (Å²) in [7, 11) is 3.20. The molecule has 0 atom stereocenters. The highest BCUT2D eigenvalue weighted by atomic mass is 19.1. The predicted octanol–water partition coefficient (Wildman–Crippen LogP) is 2.88. The Morgan fingerprint density at radius 1 is 1.15 bits per heavy atom. The van der Waals surface area contributed by atoms with Crippen LogP contribution >= 0.6 is 0 Å². The highest BCUT2D eigenvalue weighted by Gasteiger charge is 2.20. The molecule has 0 saturated carbocycles. The Morgan fingerprint density at radius 2 is 1.97 bits per heavy atom. The molecule has 4 aromatic rings. The number of carbonyl (C=O) groups is 1. The molecular weight excluding hydrogens is 441 g/mol. The molecule has 0 bridgehead atoms. The summed E-state index contributed by atoms with van der Waals surface area (Å²) in [5, 5.41) is 0.903. The van der Waals surface area contributed by atoms with E-state index in [1.165, 1.54) is 17.0 Å². The Labute approximate surface area is 194 Å². The summed E-state index contributed by atoms with van der Waals surface area (Å²) < 4.78 is 25.9. The van der Waals surface area contributed by atoms with Crippen molar-refractivity contribution in [3.8, 4) is 23.1 Å². The molecule has 3 aromatic heterocycles. The van der Waals surface area contributed by atoms with E-state index in [-0.39, 0.29) is 23.2 Å². The molecule has 174 valence electrons. The normalized spacial score (nSPS) is 13.8. The topological polar surface area (TPSA) is 109 Å². The predicted molar refractivity (Wildman–Crippen MR) is 122 cm³/mol. The number of nitrogens with one attached hydrogen (secondary N) is 1. The minimum atomic E-state index is -0.696. The number of hydrogen-bond acceptors (Lipinski definition) is 8. The number of morpholine rings is 1. The molecule has 4 heterocycles. The van der Waals surface area contributed by atoms with Gasteiger partial charge in [0.25, 0.3) is 5.91 Å². The largest absolute Gasteiger partial charge is 0.421 e. The van der Waals surface area contributed by atoms with Gasteiger partial charge in [-0.15, -0.1) is 0 Å². The fourth-order valence-corrected chi connectivity index (χ4v) is 3.56. The van der Waals surface area contributed by atoms with E-state index in [2.05, 4.69) is 24.9 Å². The van der Waals surface area contributed by atoms with Gasteiger partial charge in [0.2, 0.25) is 5.95 Å². The Bertz CT molecular complexity index is 1350. The first kappa shape index (κ1) is 21.7. The Morgan fingerprint density at radius 3 is 2.74 bits per heavy atom. The zero-order valence-electron chi connectivity index (χ0n) is 18.7. The molecule has 0 aliphatic carbocycles. The van der Waals surface area contributed by atoms with Crippen molar-refractivity contribution in [1.29, 1.82) is 0 Å². The second kappa shape index (κ2) is 9.02. The van der Waals surface area contributed by atoms with Crippen LogP contribution in [0.25, 0.3) is 22.4 Å².